The molecule has 1 aliphatic carbocycles. The van der Waals surface area contributed by atoms with Crippen LogP contribution in [0.25, 0.3) is 0 Å². The average molecular weight is 160 g/mol. The standard InChI is InChI=1S/C7H12O2S/c8-10(9)6-4-2-1-3-5-7(6)10/h6-7H,1-5H2/t6-,7+. The Kier molecular flexibility index (Phi) is 1.31. The number of hydrogen-bond donors (Lipinski definition) is 0. The van der Waals surface area contributed by atoms with E-state index in [1.807, 2.05) is 0 Å². The van der Waals surface area contributed by atoms with Gasteiger partial charge in [-0.25, -0.2) is 8.42 Å². The maximum absolute atomic E-state index is 11.1. The molecule has 2 rings (SSSR count). The predicted molar refractivity (Wildman–Crippen MR) is 39.6 cm³/mol. The third-order valence-corrected chi connectivity index (χ3v) is 5.16. The summed E-state index contributed by atoms with van der Waals surface area (Å²) in [7, 11) is -2.56. The van der Waals surface area contributed by atoms with Crippen molar-refractivity contribution in [2.24, 2.45) is 0 Å². The van der Waals surface area contributed by atoms with E-state index in [1.54, 1.807) is 0 Å². The lowest BCUT2D eigenvalue weighted by atomic mass is 10.2. The van der Waals surface area contributed by atoms with Gasteiger partial charge in [0.15, 0.2) is 9.84 Å². The van der Waals surface area contributed by atoms with Crippen LogP contribution < -0.4 is 0 Å². The Morgan fingerprint density at radius 2 is 1.40 bits per heavy atom. The third-order valence-electron chi connectivity index (χ3n) is 2.66. The van der Waals surface area contributed by atoms with E-state index in [-0.39, 0.29) is 10.5 Å². The minimum Gasteiger partial charge on any atom is -0.228 e. The molecule has 0 aromatic carbocycles. The van der Waals surface area contributed by atoms with Crippen LogP contribution in [0.4, 0.5) is 0 Å². The molecule has 0 unspecified atom stereocenters. The van der Waals surface area contributed by atoms with E-state index >= 15 is 0 Å². The SMILES string of the molecule is O=S1(=O)[C@@H]2CCCCC[C@@H]21. The Morgan fingerprint density at radius 1 is 0.900 bits per heavy atom. The molecule has 10 heavy (non-hydrogen) atoms. The van der Waals surface area contributed by atoms with Crippen molar-refractivity contribution in [3.05, 3.63) is 0 Å². The van der Waals surface area contributed by atoms with Gasteiger partial charge in [-0.05, 0) is 12.8 Å². The van der Waals surface area contributed by atoms with Crippen molar-refractivity contribution < 1.29 is 8.42 Å². The van der Waals surface area contributed by atoms with E-state index in [0.717, 1.165) is 25.7 Å². The number of rotatable bonds is 0. The Balaban J connectivity index is 2.15. The summed E-state index contributed by atoms with van der Waals surface area (Å²) in [6, 6.07) is 0. The van der Waals surface area contributed by atoms with Gasteiger partial charge in [-0.1, -0.05) is 19.3 Å². The fourth-order valence-corrected chi connectivity index (χ4v) is 4.25. The molecule has 0 bridgehead atoms. The van der Waals surface area contributed by atoms with Crippen LogP contribution in [0.3, 0.4) is 0 Å². The molecule has 3 heteroatoms. The summed E-state index contributed by atoms with van der Waals surface area (Å²) in [4.78, 5) is 0. The van der Waals surface area contributed by atoms with Gasteiger partial charge in [0.2, 0.25) is 0 Å². The van der Waals surface area contributed by atoms with Crippen LogP contribution in [0.5, 0.6) is 0 Å². The highest BCUT2D eigenvalue weighted by Gasteiger charge is 2.56. The van der Waals surface area contributed by atoms with Crippen LogP contribution in [0, 0.1) is 0 Å². The van der Waals surface area contributed by atoms with Crippen molar-refractivity contribution in [2.75, 3.05) is 0 Å². The maximum atomic E-state index is 11.1. The molecule has 0 N–H and O–H groups in total. The largest absolute Gasteiger partial charge is 0.228 e. The van der Waals surface area contributed by atoms with Gasteiger partial charge in [-0.15, -0.1) is 0 Å². The Bertz CT molecular complexity index is 212. The van der Waals surface area contributed by atoms with E-state index < -0.39 is 9.84 Å². The second kappa shape index (κ2) is 1.97. The lowest BCUT2D eigenvalue weighted by Gasteiger charge is -1.91. The molecule has 0 aromatic heterocycles. The van der Waals surface area contributed by atoms with Crippen LogP contribution >= 0.6 is 0 Å². The summed E-state index contributed by atoms with van der Waals surface area (Å²) in [6.07, 6.45) is 5.36. The zero-order valence-corrected chi connectivity index (χ0v) is 6.73. The fraction of sp³-hybridized carbons (Fsp3) is 1.00. The molecule has 0 radical (unpaired) electrons. The highest BCUT2D eigenvalue weighted by molar-refractivity contribution is 7.99. The summed E-state index contributed by atoms with van der Waals surface area (Å²) in [6.45, 7) is 0. The molecule has 1 heterocycles. The lowest BCUT2D eigenvalue weighted by Crippen LogP contribution is -1.87. The molecule has 2 aliphatic rings. The van der Waals surface area contributed by atoms with Crippen LogP contribution in [0.15, 0.2) is 0 Å². The highest BCUT2D eigenvalue weighted by Crippen LogP contribution is 2.42. The number of sulfone groups is 1. The Hall–Kier alpha value is -0.0500. The summed E-state index contributed by atoms with van der Waals surface area (Å²) >= 11 is 0. The summed E-state index contributed by atoms with van der Waals surface area (Å²) in [5.74, 6) is 0. The molecule has 2 atom stereocenters. The van der Waals surface area contributed by atoms with Crippen LogP contribution in [0.1, 0.15) is 32.1 Å². The monoisotopic (exact) mass is 160 g/mol. The first-order valence-corrected chi connectivity index (χ1v) is 5.56. The van der Waals surface area contributed by atoms with Crippen LogP contribution in [-0.2, 0) is 9.84 Å². The first-order chi connectivity index (χ1) is 4.73. The van der Waals surface area contributed by atoms with E-state index in [2.05, 4.69) is 0 Å². The van der Waals surface area contributed by atoms with Crippen molar-refractivity contribution in [2.45, 2.75) is 42.6 Å². The van der Waals surface area contributed by atoms with Crippen molar-refractivity contribution in [1.29, 1.82) is 0 Å². The maximum Gasteiger partial charge on any atom is 0.158 e. The molecule has 0 aromatic rings. The Labute approximate surface area is 61.5 Å². The van der Waals surface area contributed by atoms with Gasteiger partial charge >= 0.3 is 0 Å². The van der Waals surface area contributed by atoms with Gasteiger partial charge in [-0.3, -0.25) is 0 Å². The van der Waals surface area contributed by atoms with E-state index in [1.165, 1.54) is 6.42 Å². The van der Waals surface area contributed by atoms with Crippen LogP contribution in [-0.4, -0.2) is 18.9 Å². The molecular weight excluding hydrogens is 148 g/mol. The van der Waals surface area contributed by atoms with Gasteiger partial charge in [0.05, 0.1) is 10.5 Å². The van der Waals surface area contributed by atoms with Crippen molar-refractivity contribution >= 4 is 9.84 Å². The summed E-state index contributed by atoms with van der Waals surface area (Å²) < 4.78 is 22.1. The molecule has 1 saturated heterocycles. The van der Waals surface area contributed by atoms with Crippen LogP contribution in [0.2, 0.25) is 0 Å². The molecule has 1 saturated carbocycles. The smallest absolute Gasteiger partial charge is 0.158 e. The third kappa shape index (κ3) is 0.797. The molecule has 0 spiro atoms. The first-order valence-electron chi connectivity index (χ1n) is 3.95. The fourth-order valence-electron chi connectivity index (χ4n) is 1.95. The van der Waals surface area contributed by atoms with Gasteiger partial charge in [0.25, 0.3) is 0 Å². The average Bonchev–Trinajstić information content (AvgIpc) is 2.47. The molecular formula is C7H12O2S. The minimum atomic E-state index is -2.56. The van der Waals surface area contributed by atoms with Crippen molar-refractivity contribution in [3.63, 3.8) is 0 Å². The van der Waals surface area contributed by atoms with E-state index in [0.29, 0.717) is 0 Å². The first kappa shape index (κ1) is 6.65. The molecule has 0 amide bonds. The zero-order valence-electron chi connectivity index (χ0n) is 5.91. The minimum absolute atomic E-state index is 0.0787. The molecule has 1 aliphatic heterocycles. The van der Waals surface area contributed by atoms with E-state index in [4.69, 9.17) is 0 Å². The van der Waals surface area contributed by atoms with Crippen molar-refractivity contribution in [3.8, 4) is 0 Å². The summed E-state index contributed by atoms with van der Waals surface area (Å²) in [5, 5.41) is 0.157. The molecule has 2 fully saturated rings. The second-order valence-electron chi connectivity index (χ2n) is 3.30. The van der Waals surface area contributed by atoms with Gasteiger partial charge < -0.3 is 0 Å². The topological polar surface area (TPSA) is 34.1 Å². The van der Waals surface area contributed by atoms with Gasteiger partial charge in [0, 0.05) is 0 Å². The van der Waals surface area contributed by atoms with Crippen molar-refractivity contribution in [1.82, 2.24) is 0 Å². The van der Waals surface area contributed by atoms with E-state index in [9.17, 15) is 8.42 Å². The molecule has 2 nitrogen and oxygen atoms in total. The highest BCUT2D eigenvalue weighted by atomic mass is 32.2. The summed E-state index contributed by atoms with van der Waals surface area (Å²) in [5.41, 5.74) is 0. The second-order valence-corrected chi connectivity index (χ2v) is 5.69. The molecule has 58 valence electrons. The normalized spacial score (nSPS) is 43.6. The lowest BCUT2D eigenvalue weighted by molar-refractivity contribution is 0.601. The zero-order chi connectivity index (χ0) is 7.19. The predicted octanol–water partition coefficient (Wildman–Crippen LogP) is 1.12. The van der Waals surface area contributed by atoms with Gasteiger partial charge in [0.1, 0.15) is 0 Å². The quantitative estimate of drug-likeness (QED) is 0.497. The Morgan fingerprint density at radius 3 is 1.90 bits per heavy atom. The van der Waals surface area contributed by atoms with Gasteiger partial charge in [-0.2, -0.15) is 0 Å². The number of fused-ring (bicyclic) bond motifs is 1. The number of hydrogen-bond acceptors (Lipinski definition) is 2.